The molecular formula is C10H11ClF2N3O7P. The highest BCUT2D eigenvalue weighted by molar-refractivity contribution is 7.46. The molecule has 5 N–H and O–H groups in total. The molecule has 1 saturated carbocycles. The van der Waals surface area contributed by atoms with Crippen LogP contribution in [0.1, 0.15) is 6.23 Å². The van der Waals surface area contributed by atoms with Gasteiger partial charge in [-0.1, -0.05) is 0 Å². The summed E-state index contributed by atoms with van der Waals surface area (Å²) in [5.74, 6) is -5.14. The zero-order chi connectivity index (χ0) is 18.1. The predicted molar refractivity (Wildman–Crippen MR) is 73.3 cm³/mol. The smallest absolute Gasteiger partial charge is 0.383 e. The quantitative estimate of drug-likeness (QED) is 0.382. The highest BCUT2D eigenvalue weighted by Gasteiger charge is 2.96. The molecule has 2 heterocycles. The van der Waals surface area contributed by atoms with Crippen LogP contribution in [-0.2, 0) is 13.8 Å². The van der Waals surface area contributed by atoms with Crippen LogP contribution in [0.15, 0.2) is 17.1 Å². The van der Waals surface area contributed by atoms with Gasteiger partial charge in [-0.05, 0) is 6.07 Å². The third-order valence-electron chi connectivity index (χ3n) is 4.05. The van der Waals surface area contributed by atoms with Crippen molar-refractivity contribution in [1.29, 1.82) is 0 Å². The fourth-order valence-electron chi connectivity index (χ4n) is 2.86. The minimum Gasteiger partial charge on any atom is -0.383 e. The monoisotopic (exact) mass is 389 g/mol. The Morgan fingerprint density at radius 2 is 2.17 bits per heavy atom. The first-order chi connectivity index (χ1) is 10.9. The number of halogens is 3. The van der Waals surface area contributed by atoms with Crippen LogP contribution in [0.3, 0.4) is 0 Å². The first-order valence-corrected chi connectivity index (χ1v) is 8.40. The molecule has 0 radical (unpaired) electrons. The van der Waals surface area contributed by atoms with E-state index in [-0.39, 0.29) is 5.82 Å². The van der Waals surface area contributed by atoms with Crippen molar-refractivity contribution in [2.24, 2.45) is 0 Å². The summed E-state index contributed by atoms with van der Waals surface area (Å²) in [7, 11) is -5.21. The molecule has 24 heavy (non-hydrogen) atoms. The summed E-state index contributed by atoms with van der Waals surface area (Å²) < 4.78 is 49.9. The Bertz CT molecular complexity index is 803. The first kappa shape index (κ1) is 17.7. The normalized spacial score (nSPS) is 37.2. The van der Waals surface area contributed by atoms with Crippen molar-refractivity contribution in [2.75, 3.05) is 11.6 Å². The van der Waals surface area contributed by atoms with Crippen molar-refractivity contribution in [3.05, 3.63) is 22.7 Å². The van der Waals surface area contributed by atoms with Gasteiger partial charge in [-0.3, -0.25) is 9.09 Å². The third kappa shape index (κ3) is 2.08. The molecule has 1 aliphatic heterocycles. The molecule has 3 rings (SSSR count). The molecule has 1 aromatic rings. The average Bonchev–Trinajstić information content (AvgIpc) is 2.87. The molecule has 10 nitrogen and oxygen atoms in total. The molecule has 0 amide bonds. The lowest BCUT2D eigenvalue weighted by atomic mass is 10.1. The molecule has 4 atom stereocenters. The summed E-state index contributed by atoms with van der Waals surface area (Å²) in [4.78, 5) is 32.6. The Labute approximate surface area is 137 Å². The Morgan fingerprint density at radius 1 is 1.54 bits per heavy atom. The molecule has 1 aliphatic carbocycles. The van der Waals surface area contributed by atoms with Gasteiger partial charge in [0.05, 0.1) is 5.88 Å². The number of aliphatic hydroxyl groups is 1. The van der Waals surface area contributed by atoms with Crippen LogP contribution in [0.5, 0.6) is 0 Å². The molecule has 0 bridgehead atoms. The molecular weight excluding hydrogens is 379 g/mol. The molecule has 2 aliphatic rings. The Morgan fingerprint density at radius 3 is 2.62 bits per heavy atom. The molecule has 14 heteroatoms. The summed E-state index contributed by atoms with van der Waals surface area (Å²) in [6.07, 6.45) is -3.50. The number of anilines is 1. The van der Waals surface area contributed by atoms with E-state index in [0.717, 1.165) is 12.3 Å². The maximum Gasteiger partial charge on any atom is 0.470 e. The number of rotatable bonds is 4. The Kier molecular flexibility index (Phi) is 3.64. The van der Waals surface area contributed by atoms with Gasteiger partial charge in [0, 0.05) is 6.20 Å². The number of fused-ring (bicyclic) bond motifs is 1. The van der Waals surface area contributed by atoms with E-state index >= 15 is 0 Å². The lowest BCUT2D eigenvalue weighted by Gasteiger charge is -2.27. The molecule has 134 valence electrons. The van der Waals surface area contributed by atoms with E-state index in [1.165, 1.54) is 0 Å². The number of nitrogens with zero attached hydrogens (tertiary/aromatic N) is 2. The van der Waals surface area contributed by atoms with E-state index in [2.05, 4.69) is 9.51 Å². The van der Waals surface area contributed by atoms with E-state index in [4.69, 9.17) is 31.9 Å². The first-order valence-electron chi connectivity index (χ1n) is 6.33. The van der Waals surface area contributed by atoms with Crippen molar-refractivity contribution in [3.8, 4) is 0 Å². The number of nitrogens with two attached hydrogens (primary N) is 1. The van der Waals surface area contributed by atoms with E-state index in [1.54, 1.807) is 0 Å². The van der Waals surface area contributed by atoms with Crippen molar-refractivity contribution in [3.63, 3.8) is 0 Å². The maximum atomic E-state index is 14.7. The predicted octanol–water partition coefficient (Wildman–Crippen LogP) is -0.810. The maximum absolute atomic E-state index is 14.7. The summed E-state index contributed by atoms with van der Waals surface area (Å²) in [5, 5.41) is 10.3. The lowest BCUT2D eigenvalue weighted by molar-refractivity contribution is -0.199. The second-order valence-corrected chi connectivity index (χ2v) is 6.86. The molecule has 2 fully saturated rings. The third-order valence-corrected chi connectivity index (χ3v) is 4.93. The van der Waals surface area contributed by atoms with E-state index in [0.29, 0.717) is 4.57 Å². The van der Waals surface area contributed by atoms with Crippen LogP contribution in [0.4, 0.5) is 14.6 Å². The zero-order valence-electron chi connectivity index (χ0n) is 11.5. The number of nitrogen functional groups attached to an aromatic ring is 1. The molecule has 1 saturated heterocycles. The largest absolute Gasteiger partial charge is 0.470 e. The number of hydrogen-bond acceptors (Lipinski definition) is 7. The summed E-state index contributed by atoms with van der Waals surface area (Å²) in [5.41, 5.74) is -1.33. The highest BCUT2D eigenvalue weighted by atomic mass is 35.5. The highest BCUT2D eigenvalue weighted by Crippen LogP contribution is 2.72. The van der Waals surface area contributed by atoms with Gasteiger partial charge in [0.1, 0.15) is 11.9 Å². The van der Waals surface area contributed by atoms with Crippen LogP contribution in [0, 0.1) is 0 Å². The van der Waals surface area contributed by atoms with Crippen LogP contribution in [0.2, 0.25) is 0 Å². The minimum atomic E-state index is -5.21. The molecule has 0 aromatic carbocycles. The van der Waals surface area contributed by atoms with Gasteiger partial charge in [0.15, 0.2) is 11.2 Å². The Balaban J connectivity index is 2.03. The summed E-state index contributed by atoms with van der Waals surface area (Å²) >= 11 is 5.57. The number of hydrogen-bond donors (Lipinski definition) is 4. The van der Waals surface area contributed by atoms with Gasteiger partial charge in [-0.2, -0.15) is 13.8 Å². The summed E-state index contributed by atoms with van der Waals surface area (Å²) in [6.45, 7) is 0. The minimum absolute atomic E-state index is 0.212. The van der Waals surface area contributed by atoms with Gasteiger partial charge < -0.3 is 25.4 Å². The Hall–Kier alpha value is -1.14. The fourth-order valence-corrected chi connectivity index (χ4v) is 3.87. The standard InChI is InChI=1S/C10H11ClF2N3O7P/c11-3-8-5(23-24(19,20)21)9(8,18)10(12,13)6(22-8)16-2-1-4(14)15-7(16)17/h1-2,5-6,18H,3H2,(H2,14,15,17)(H2,19,20,21). The average molecular weight is 390 g/mol. The van der Waals surface area contributed by atoms with E-state index < -0.39 is 48.8 Å². The number of alkyl halides is 3. The summed E-state index contributed by atoms with van der Waals surface area (Å²) in [6, 6.07) is 1.06. The second-order valence-electron chi connectivity index (χ2n) is 5.40. The number of phosphoric acid groups is 1. The number of phosphoric ester groups is 1. The van der Waals surface area contributed by atoms with Crippen molar-refractivity contribution >= 4 is 25.2 Å². The van der Waals surface area contributed by atoms with Gasteiger partial charge in [-0.25, -0.2) is 9.36 Å². The van der Waals surface area contributed by atoms with Crippen LogP contribution < -0.4 is 11.4 Å². The SMILES string of the molecule is Nc1ccn(C2OC3(CCl)C(OP(=O)(O)O)C3(O)C2(F)F)c(=O)n1. The van der Waals surface area contributed by atoms with Crippen molar-refractivity contribution in [2.45, 2.75) is 29.5 Å². The van der Waals surface area contributed by atoms with Crippen LogP contribution >= 0.6 is 19.4 Å². The zero-order valence-corrected chi connectivity index (χ0v) is 13.2. The van der Waals surface area contributed by atoms with Crippen molar-refractivity contribution < 1.29 is 37.5 Å². The molecule has 4 unspecified atom stereocenters. The second kappa shape index (κ2) is 4.94. The van der Waals surface area contributed by atoms with Gasteiger partial charge in [0.25, 0.3) is 0 Å². The van der Waals surface area contributed by atoms with E-state index in [9.17, 15) is 23.2 Å². The van der Waals surface area contributed by atoms with E-state index in [1.807, 2.05) is 0 Å². The number of ether oxygens (including phenoxy) is 1. The molecule has 0 spiro atoms. The lowest BCUT2D eigenvalue weighted by Crippen LogP contribution is -2.46. The van der Waals surface area contributed by atoms with Crippen molar-refractivity contribution in [1.82, 2.24) is 9.55 Å². The molecule has 1 aromatic heterocycles. The van der Waals surface area contributed by atoms with Crippen LogP contribution in [-0.4, -0.2) is 53.6 Å². The van der Waals surface area contributed by atoms with Gasteiger partial charge in [-0.15, -0.1) is 11.6 Å². The topological polar surface area (TPSA) is 157 Å². The van der Waals surface area contributed by atoms with Gasteiger partial charge in [0.2, 0.25) is 6.23 Å². The van der Waals surface area contributed by atoms with Crippen LogP contribution in [0.25, 0.3) is 0 Å². The van der Waals surface area contributed by atoms with Gasteiger partial charge >= 0.3 is 19.4 Å². The number of aromatic nitrogens is 2. The fraction of sp³-hybridized carbons (Fsp3) is 0.600.